The van der Waals surface area contributed by atoms with Crippen molar-refractivity contribution in [2.75, 3.05) is 12.4 Å². The summed E-state index contributed by atoms with van der Waals surface area (Å²) in [6, 6.07) is 0. The fraction of sp³-hybridized carbons (Fsp3) is 0.667. The molecular weight excluding hydrogens is 230 g/mol. The number of aromatic nitrogens is 2. The van der Waals surface area contributed by atoms with Crippen LogP contribution in [0.3, 0.4) is 0 Å². The molecule has 1 heterocycles. The van der Waals surface area contributed by atoms with Gasteiger partial charge in [0.05, 0.1) is 24.8 Å². The van der Waals surface area contributed by atoms with E-state index in [9.17, 15) is 8.42 Å². The van der Waals surface area contributed by atoms with Crippen molar-refractivity contribution in [1.29, 1.82) is 0 Å². The van der Waals surface area contributed by atoms with Crippen LogP contribution in [0.4, 0.5) is 0 Å². The average molecular weight is 247 g/mol. The second kappa shape index (κ2) is 5.86. The fourth-order valence-electron chi connectivity index (χ4n) is 1.19. The van der Waals surface area contributed by atoms with Gasteiger partial charge in [0.1, 0.15) is 0 Å². The minimum Gasteiger partial charge on any atom is -0.490 e. The van der Waals surface area contributed by atoms with E-state index in [0.29, 0.717) is 25.2 Å². The lowest BCUT2D eigenvalue weighted by molar-refractivity contribution is 0.309. The van der Waals surface area contributed by atoms with Gasteiger partial charge in [0.25, 0.3) is 0 Å². The van der Waals surface area contributed by atoms with Crippen LogP contribution in [0.1, 0.15) is 19.8 Å². The summed E-state index contributed by atoms with van der Waals surface area (Å²) in [7, 11) is -3.34. The van der Waals surface area contributed by atoms with Gasteiger partial charge in [-0.15, -0.1) is 0 Å². The molecule has 16 heavy (non-hydrogen) atoms. The zero-order chi connectivity index (χ0) is 12.0. The quantitative estimate of drug-likeness (QED) is 0.704. The minimum absolute atomic E-state index is 0.00455. The van der Waals surface area contributed by atoms with Crippen molar-refractivity contribution in [3.8, 4) is 5.75 Å². The number of nitrogens with two attached hydrogens (primary N) is 1. The first-order valence-corrected chi connectivity index (χ1v) is 6.88. The fourth-order valence-corrected chi connectivity index (χ4v) is 1.79. The minimum atomic E-state index is -3.34. The molecular formula is C9H17N3O3S. The Balaban J connectivity index is 2.16. The van der Waals surface area contributed by atoms with E-state index in [4.69, 9.17) is 9.88 Å². The van der Waals surface area contributed by atoms with Crippen molar-refractivity contribution < 1.29 is 13.2 Å². The summed E-state index contributed by atoms with van der Waals surface area (Å²) in [5.74, 6) is 0.711. The van der Waals surface area contributed by atoms with Gasteiger partial charge in [-0.3, -0.25) is 4.68 Å². The van der Waals surface area contributed by atoms with E-state index < -0.39 is 10.0 Å². The van der Waals surface area contributed by atoms with E-state index in [-0.39, 0.29) is 5.75 Å². The van der Waals surface area contributed by atoms with Crippen LogP contribution in [-0.2, 0) is 16.6 Å². The number of unbranched alkanes of at least 4 members (excludes halogenated alkanes) is 1. The van der Waals surface area contributed by atoms with Crippen molar-refractivity contribution in [2.24, 2.45) is 5.14 Å². The first-order chi connectivity index (χ1) is 7.51. The number of aryl methyl sites for hydroxylation is 1. The summed E-state index contributed by atoms with van der Waals surface area (Å²) in [6.07, 6.45) is 4.62. The molecule has 0 amide bonds. The molecule has 0 spiro atoms. The van der Waals surface area contributed by atoms with Crippen molar-refractivity contribution in [3.05, 3.63) is 12.4 Å². The van der Waals surface area contributed by atoms with Gasteiger partial charge in [-0.2, -0.15) is 5.10 Å². The molecule has 0 saturated carbocycles. The first-order valence-electron chi connectivity index (χ1n) is 5.17. The lowest BCUT2D eigenvalue weighted by Gasteiger charge is -2.02. The molecule has 0 radical (unpaired) electrons. The number of rotatable bonds is 7. The van der Waals surface area contributed by atoms with Crippen LogP contribution in [0.15, 0.2) is 12.4 Å². The highest BCUT2D eigenvalue weighted by molar-refractivity contribution is 7.89. The smallest absolute Gasteiger partial charge is 0.209 e. The van der Waals surface area contributed by atoms with E-state index in [1.807, 2.05) is 6.92 Å². The maximum atomic E-state index is 10.6. The van der Waals surface area contributed by atoms with Crippen LogP contribution in [0.25, 0.3) is 0 Å². The molecule has 0 unspecified atom stereocenters. The molecule has 2 N–H and O–H groups in total. The van der Waals surface area contributed by atoms with Gasteiger partial charge in [-0.05, 0) is 19.8 Å². The normalized spacial score (nSPS) is 11.6. The third-order valence-electron chi connectivity index (χ3n) is 2.03. The number of hydrogen-bond acceptors (Lipinski definition) is 4. The molecule has 6 nitrogen and oxygen atoms in total. The molecule has 1 rings (SSSR count). The predicted octanol–water partition coefficient (Wildman–Crippen LogP) is 0.350. The molecule has 1 aromatic heterocycles. The zero-order valence-corrected chi connectivity index (χ0v) is 10.1. The molecule has 0 aromatic carbocycles. The number of ether oxygens (including phenoxy) is 1. The van der Waals surface area contributed by atoms with Crippen LogP contribution >= 0.6 is 0 Å². The number of sulfonamides is 1. The van der Waals surface area contributed by atoms with Crippen molar-refractivity contribution in [2.45, 2.75) is 26.3 Å². The Hall–Kier alpha value is -1.08. The number of hydrogen-bond donors (Lipinski definition) is 1. The third kappa shape index (κ3) is 5.13. The largest absolute Gasteiger partial charge is 0.490 e. The first kappa shape index (κ1) is 13.0. The van der Waals surface area contributed by atoms with Gasteiger partial charge in [0, 0.05) is 6.54 Å². The summed E-state index contributed by atoms with van der Waals surface area (Å²) in [6.45, 7) is 3.27. The van der Waals surface area contributed by atoms with E-state index in [1.165, 1.54) is 0 Å². The van der Waals surface area contributed by atoms with Crippen molar-refractivity contribution in [3.63, 3.8) is 0 Å². The lowest BCUT2D eigenvalue weighted by Crippen LogP contribution is -2.16. The Morgan fingerprint density at radius 1 is 1.50 bits per heavy atom. The summed E-state index contributed by atoms with van der Waals surface area (Å²) >= 11 is 0. The summed E-state index contributed by atoms with van der Waals surface area (Å²) < 4.78 is 28.4. The maximum Gasteiger partial charge on any atom is 0.209 e. The highest BCUT2D eigenvalue weighted by atomic mass is 32.2. The SMILES string of the molecule is CCn1cc(OCCCCS(N)(=O)=O)cn1. The van der Waals surface area contributed by atoms with E-state index in [0.717, 1.165) is 6.54 Å². The highest BCUT2D eigenvalue weighted by Crippen LogP contribution is 2.08. The molecule has 1 aromatic rings. The van der Waals surface area contributed by atoms with E-state index in [2.05, 4.69) is 5.10 Å². The molecule has 0 atom stereocenters. The van der Waals surface area contributed by atoms with Crippen molar-refractivity contribution >= 4 is 10.0 Å². The van der Waals surface area contributed by atoms with Gasteiger partial charge in [0.15, 0.2) is 5.75 Å². The Kier molecular flexibility index (Phi) is 4.75. The lowest BCUT2D eigenvalue weighted by atomic mass is 10.4. The topological polar surface area (TPSA) is 87.2 Å². The van der Waals surface area contributed by atoms with Crippen LogP contribution in [-0.4, -0.2) is 30.6 Å². The van der Waals surface area contributed by atoms with Gasteiger partial charge >= 0.3 is 0 Å². The van der Waals surface area contributed by atoms with Crippen LogP contribution in [0, 0.1) is 0 Å². The summed E-state index contributed by atoms with van der Waals surface area (Å²) in [5.41, 5.74) is 0. The average Bonchev–Trinajstić information content (AvgIpc) is 2.63. The van der Waals surface area contributed by atoms with Gasteiger partial charge in [-0.1, -0.05) is 0 Å². The summed E-state index contributed by atoms with van der Waals surface area (Å²) in [4.78, 5) is 0. The molecule has 0 saturated heterocycles. The van der Waals surface area contributed by atoms with Gasteiger partial charge in [0.2, 0.25) is 10.0 Å². The number of primary sulfonamides is 1. The second-order valence-corrected chi connectivity index (χ2v) is 5.19. The molecule has 0 fully saturated rings. The molecule has 0 aliphatic heterocycles. The molecule has 92 valence electrons. The molecule has 0 aliphatic carbocycles. The Morgan fingerprint density at radius 2 is 2.25 bits per heavy atom. The van der Waals surface area contributed by atoms with Crippen LogP contribution < -0.4 is 9.88 Å². The molecule has 0 bridgehead atoms. The monoisotopic (exact) mass is 247 g/mol. The predicted molar refractivity (Wildman–Crippen MR) is 60.6 cm³/mol. The molecule has 7 heteroatoms. The van der Waals surface area contributed by atoms with Gasteiger partial charge in [-0.25, -0.2) is 13.6 Å². The van der Waals surface area contributed by atoms with Crippen molar-refractivity contribution in [1.82, 2.24) is 9.78 Å². The highest BCUT2D eigenvalue weighted by Gasteiger charge is 2.02. The van der Waals surface area contributed by atoms with E-state index in [1.54, 1.807) is 17.1 Å². The number of nitrogens with zero attached hydrogens (tertiary/aromatic N) is 2. The van der Waals surface area contributed by atoms with Crippen LogP contribution in [0.5, 0.6) is 5.75 Å². The second-order valence-electron chi connectivity index (χ2n) is 3.45. The zero-order valence-electron chi connectivity index (χ0n) is 9.30. The van der Waals surface area contributed by atoms with Crippen LogP contribution in [0.2, 0.25) is 0 Å². The Bertz CT molecular complexity index is 413. The Morgan fingerprint density at radius 3 is 2.81 bits per heavy atom. The standard InChI is InChI=1S/C9H17N3O3S/c1-2-12-8-9(7-11-12)15-5-3-4-6-16(10,13)14/h7-8H,2-6H2,1H3,(H2,10,13,14). The van der Waals surface area contributed by atoms with Gasteiger partial charge < -0.3 is 4.74 Å². The van der Waals surface area contributed by atoms with E-state index >= 15 is 0 Å². The third-order valence-corrected chi connectivity index (χ3v) is 2.88. The molecule has 0 aliphatic rings. The Labute approximate surface area is 95.4 Å². The summed E-state index contributed by atoms with van der Waals surface area (Å²) in [5, 5.41) is 8.92. The maximum absolute atomic E-state index is 10.6.